The van der Waals surface area contributed by atoms with Crippen molar-refractivity contribution in [2.24, 2.45) is 0 Å². The predicted molar refractivity (Wildman–Crippen MR) is 105 cm³/mol. The van der Waals surface area contributed by atoms with Crippen LogP contribution in [0.4, 0.5) is 4.39 Å². The van der Waals surface area contributed by atoms with Gasteiger partial charge < -0.3 is 14.7 Å². The Morgan fingerprint density at radius 2 is 2.07 bits per heavy atom. The van der Waals surface area contributed by atoms with Gasteiger partial charge >= 0.3 is 0 Å². The lowest BCUT2D eigenvalue weighted by molar-refractivity contribution is 0.0975. The number of carbonyl (C=O) groups is 1. The Hall–Kier alpha value is -2.24. The number of hydrogen-bond acceptors (Lipinski definition) is 4. The Balaban J connectivity index is 1.36. The molecule has 4 rings (SSSR count). The number of hydrogen-bond donors (Lipinski definition) is 1. The molecule has 0 bridgehead atoms. The van der Waals surface area contributed by atoms with Gasteiger partial charge in [-0.1, -0.05) is 6.07 Å². The first-order valence-corrected chi connectivity index (χ1v) is 9.88. The molecule has 1 saturated heterocycles. The number of likely N-dealkylation sites (tertiary alicyclic amines) is 1. The van der Waals surface area contributed by atoms with Crippen molar-refractivity contribution in [2.45, 2.75) is 37.2 Å². The van der Waals surface area contributed by atoms with E-state index in [0.717, 1.165) is 50.2 Å². The molecule has 2 aromatic rings. The number of aliphatic hydroxyl groups is 1. The molecule has 0 saturated carbocycles. The fourth-order valence-electron chi connectivity index (χ4n) is 4.78. The number of Topliss-reactive ketones (excluding diaryl/α,β-unsaturated/α-hetero) is 1. The van der Waals surface area contributed by atoms with Crippen molar-refractivity contribution >= 4 is 5.78 Å². The Morgan fingerprint density at radius 1 is 1.29 bits per heavy atom. The summed E-state index contributed by atoms with van der Waals surface area (Å²) in [6.07, 6.45) is 2.58. The van der Waals surface area contributed by atoms with Crippen LogP contribution in [0.15, 0.2) is 42.5 Å². The van der Waals surface area contributed by atoms with Gasteiger partial charge in [-0.15, -0.1) is 0 Å². The minimum absolute atomic E-state index is 0.0236. The standard InChI is InChI=1S/C23H26FNO3/c1-28-18-8-9-19-20(13-18)23(14-22(19)27)10-12-25(15-23)11-2-3-21(26)16-4-6-17(24)7-5-16/h4-9,13,22,27H,2-3,10-12,14-15H2,1H3. The molecule has 28 heavy (non-hydrogen) atoms. The molecule has 2 aliphatic rings. The van der Waals surface area contributed by atoms with E-state index in [1.54, 1.807) is 19.2 Å². The number of nitrogens with zero attached hydrogens (tertiary/aromatic N) is 1. The summed E-state index contributed by atoms with van der Waals surface area (Å²) in [5.74, 6) is 0.561. The average Bonchev–Trinajstić information content (AvgIpc) is 3.23. The molecule has 0 amide bonds. The third kappa shape index (κ3) is 3.56. The maximum absolute atomic E-state index is 13.0. The highest BCUT2D eigenvalue weighted by atomic mass is 19.1. The van der Waals surface area contributed by atoms with Crippen LogP contribution in [-0.2, 0) is 5.41 Å². The topological polar surface area (TPSA) is 49.8 Å². The van der Waals surface area contributed by atoms with Gasteiger partial charge in [-0.25, -0.2) is 4.39 Å². The second-order valence-electron chi connectivity index (χ2n) is 8.01. The third-order valence-corrected chi connectivity index (χ3v) is 6.25. The highest BCUT2D eigenvalue weighted by Gasteiger charge is 2.47. The SMILES string of the molecule is COc1ccc2c(c1)C1(CCN(CCCC(=O)c3ccc(F)cc3)C1)CC2O. The summed E-state index contributed by atoms with van der Waals surface area (Å²) in [5.41, 5.74) is 2.78. The molecule has 1 aliphatic heterocycles. The molecular weight excluding hydrogens is 357 g/mol. The minimum atomic E-state index is -0.416. The molecule has 4 nitrogen and oxygen atoms in total. The van der Waals surface area contributed by atoms with Gasteiger partial charge in [0.1, 0.15) is 11.6 Å². The molecule has 148 valence electrons. The molecule has 5 heteroatoms. The van der Waals surface area contributed by atoms with E-state index in [-0.39, 0.29) is 17.0 Å². The Morgan fingerprint density at radius 3 is 2.82 bits per heavy atom. The van der Waals surface area contributed by atoms with Crippen LogP contribution in [0.25, 0.3) is 0 Å². The summed E-state index contributed by atoms with van der Waals surface area (Å²) >= 11 is 0. The van der Waals surface area contributed by atoms with Crippen molar-refractivity contribution < 1.29 is 19.0 Å². The third-order valence-electron chi connectivity index (χ3n) is 6.25. The van der Waals surface area contributed by atoms with E-state index in [9.17, 15) is 14.3 Å². The summed E-state index contributed by atoms with van der Waals surface area (Å²) in [7, 11) is 1.67. The van der Waals surface area contributed by atoms with Crippen LogP contribution in [0.1, 0.15) is 53.3 Å². The van der Waals surface area contributed by atoms with Crippen LogP contribution >= 0.6 is 0 Å². The van der Waals surface area contributed by atoms with Crippen LogP contribution in [0.3, 0.4) is 0 Å². The van der Waals surface area contributed by atoms with Gasteiger partial charge in [0, 0.05) is 23.9 Å². The number of carbonyl (C=O) groups excluding carboxylic acids is 1. The van der Waals surface area contributed by atoms with E-state index >= 15 is 0 Å². The van der Waals surface area contributed by atoms with Crippen LogP contribution in [0.2, 0.25) is 0 Å². The number of halogens is 1. The maximum atomic E-state index is 13.0. The Labute approximate surface area is 164 Å². The molecule has 1 heterocycles. The number of benzene rings is 2. The van der Waals surface area contributed by atoms with Gasteiger partial charge in [-0.3, -0.25) is 4.79 Å². The average molecular weight is 383 g/mol. The zero-order valence-corrected chi connectivity index (χ0v) is 16.2. The van der Waals surface area contributed by atoms with E-state index in [0.29, 0.717) is 12.0 Å². The second-order valence-corrected chi connectivity index (χ2v) is 8.01. The molecule has 2 aromatic carbocycles. The van der Waals surface area contributed by atoms with E-state index in [1.807, 2.05) is 12.1 Å². The van der Waals surface area contributed by atoms with Crippen LogP contribution in [0, 0.1) is 5.82 Å². The first-order valence-electron chi connectivity index (χ1n) is 9.88. The van der Waals surface area contributed by atoms with Crippen molar-refractivity contribution in [1.29, 1.82) is 0 Å². The molecule has 2 unspecified atom stereocenters. The molecule has 1 N–H and O–H groups in total. The van der Waals surface area contributed by atoms with E-state index < -0.39 is 6.10 Å². The first kappa shape index (κ1) is 19.1. The Kier molecular flexibility index (Phi) is 5.21. The number of fused-ring (bicyclic) bond motifs is 2. The molecule has 1 aliphatic carbocycles. The van der Waals surface area contributed by atoms with E-state index in [4.69, 9.17) is 4.74 Å². The maximum Gasteiger partial charge on any atom is 0.162 e. The number of rotatable bonds is 6. The fourth-order valence-corrected chi connectivity index (χ4v) is 4.78. The number of aliphatic hydroxyl groups excluding tert-OH is 1. The molecule has 0 radical (unpaired) electrons. The van der Waals surface area contributed by atoms with Crippen LogP contribution < -0.4 is 4.74 Å². The summed E-state index contributed by atoms with van der Waals surface area (Å²) < 4.78 is 18.4. The number of ketones is 1. The highest BCUT2D eigenvalue weighted by Crippen LogP contribution is 2.50. The number of ether oxygens (including phenoxy) is 1. The normalized spacial score (nSPS) is 23.9. The monoisotopic (exact) mass is 383 g/mol. The van der Waals surface area contributed by atoms with E-state index in [2.05, 4.69) is 11.0 Å². The quantitative estimate of drug-likeness (QED) is 0.769. The predicted octanol–water partition coefficient (Wildman–Crippen LogP) is 3.88. The van der Waals surface area contributed by atoms with Crippen molar-refractivity contribution in [3.8, 4) is 5.75 Å². The lowest BCUT2D eigenvalue weighted by Crippen LogP contribution is -2.30. The van der Waals surface area contributed by atoms with Crippen LogP contribution in [0.5, 0.6) is 5.75 Å². The van der Waals surface area contributed by atoms with Crippen molar-refractivity contribution in [3.63, 3.8) is 0 Å². The zero-order chi connectivity index (χ0) is 19.7. The lowest BCUT2D eigenvalue weighted by Gasteiger charge is -2.26. The second kappa shape index (κ2) is 7.64. The molecule has 1 spiro atoms. The van der Waals surface area contributed by atoms with Crippen molar-refractivity contribution in [2.75, 3.05) is 26.7 Å². The van der Waals surface area contributed by atoms with Gasteiger partial charge in [0.15, 0.2) is 5.78 Å². The van der Waals surface area contributed by atoms with Gasteiger partial charge in [-0.05, 0) is 79.9 Å². The Bertz CT molecular complexity index is 867. The molecule has 0 aromatic heterocycles. The summed E-state index contributed by atoms with van der Waals surface area (Å²) in [6.45, 7) is 2.72. The highest BCUT2D eigenvalue weighted by molar-refractivity contribution is 5.95. The van der Waals surface area contributed by atoms with Crippen LogP contribution in [-0.4, -0.2) is 42.5 Å². The molecular formula is C23H26FNO3. The zero-order valence-electron chi connectivity index (χ0n) is 16.2. The summed E-state index contributed by atoms with van der Waals surface area (Å²) in [4.78, 5) is 14.7. The van der Waals surface area contributed by atoms with Gasteiger partial charge in [0.25, 0.3) is 0 Å². The lowest BCUT2D eigenvalue weighted by atomic mass is 9.81. The van der Waals surface area contributed by atoms with Gasteiger partial charge in [-0.2, -0.15) is 0 Å². The van der Waals surface area contributed by atoms with Crippen molar-refractivity contribution in [1.82, 2.24) is 4.90 Å². The van der Waals surface area contributed by atoms with Gasteiger partial charge in [0.05, 0.1) is 13.2 Å². The van der Waals surface area contributed by atoms with Gasteiger partial charge in [0.2, 0.25) is 0 Å². The fraction of sp³-hybridized carbons (Fsp3) is 0.435. The first-order chi connectivity index (χ1) is 13.5. The number of methoxy groups -OCH3 is 1. The smallest absolute Gasteiger partial charge is 0.162 e. The molecule has 2 atom stereocenters. The summed E-state index contributed by atoms with van der Waals surface area (Å²) in [5, 5.41) is 10.5. The minimum Gasteiger partial charge on any atom is -0.497 e. The van der Waals surface area contributed by atoms with Crippen molar-refractivity contribution in [3.05, 3.63) is 65.0 Å². The molecule has 1 fully saturated rings. The summed E-state index contributed by atoms with van der Waals surface area (Å²) in [6, 6.07) is 11.7. The van der Waals surface area contributed by atoms with E-state index in [1.165, 1.54) is 17.7 Å². The largest absolute Gasteiger partial charge is 0.497 e.